The number of amides is 1. The molecule has 0 aliphatic carbocycles. The van der Waals surface area contributed by atoms with Crippen LogP contribution in [-0.4, -0.2) is 20.1 Å². The van der Waals surface area contributed by atoms with Gasteiger partial charge in [-0.2, -0.15) is 0 Å². The highest BCUT2D eigenvalue weighted by atomic mass is 32.1. The van der Waals surface area contributed by atoms with Gasteiger partial charge >= 0.3 is 7.82 Å². The lowest BCUT2D eigenvalue weighted by Gasteiger charge is -2.13. The smallest absolute Gasteiger partial charge is 0.397 e. The molecule has 1 heterocycles. The third-order valence-corrected chi connectivity index (χ3v) is 6.42. The van der Waals surface area contributed by atoms with Gasteiger partial charge < -0.3 is 11.1 Å². The summed E-state index contributed by atoms with van der Waals surface area (Å²) in [4.78, 5) is 13.7. The Bertz CT molecular complexity index is 1010. The standard InChI is InChI=1S/C20H21N2O5PS/c1-25-28(24,26-2)27-13-14-5-7-15(8-6-14)20(23)22-18-12-16(9-10-17(18)21)19-4-3-11-29-19/h3-12H,13,21H2,1-2H3,(H,22,23). The molecule has 3 N–H and O–H groups in total. The van der Waals surface area contributed by atoms with Crippen molar-refractivity contribution in [2.24, 2.45) is 0 Å². The number of nitrogen functional groups attached to an aromatic ring is 1. The van der Waals surface area contributed by atoms with Crippen LogP contribution < -0.4 is 11.1 Å². The molecule has 0 atom stereocenters. The fourth-order valence-corrected chi connectivity index (χ4v) is 3.93. The average molecular weight is 432 g/mol. The second-order valence-corrected chi connectivity index (χ2v) is 8.85. The first-order valence-electron chi connectivity index (χ1n) is 8.64. The van der Waals surface area contributed by atoms with Gasteiger partial charge in [0.25, 0.3) is 5.91 Å². The molecule has 0 fully saturated rings. The highest BCUT2D eigenvalue weighted by Crippen LogP contribution is 2.48. The third kappa shape index (κ3) is 5.32. The number of benzene rings is 2. The molecule has 0 aliphatic heterocycles. The van der Waals surface area contributed by atoms with Crippen molar-refractivity contribution in [3.05, 3.63) is 71.1 Å². The lowest BCUT2D eigenvalue weighted by molar-refractivity contribution is 0.102. The summed E-state index contributed by atoms with van der Waals surface area (Å²) < 4.78 is 26.5. The lowest BCUT2D eigenvalue weighted by Crippen LogP contribution is -2.13. The van der Waals surface area contributed by atoms with E-state index < -0.39 is 7.82 Å². The predicted molar refractivity (Wildman–Crippen MR) is 115 cm³/mol. The Labute approximate surface area is 173 Å². The fourth-order valence-electron chi connectivity index (χ4n) is 2.54. The number of phosphoric ester groups is 1. The number of thiophene rings is 1. The van der Waals surface area contributed by atoms with Crippen molar-refractivity contribution in [2.75, 3.05) is 25.3 Å². The second kappa shape index (κ2) is 9.35. The van der Waals surface area contributed by atoms with E-state index in [9.17, 15) is 9.36 Å². The van der Waals surface area contributed by atoms with Gasteiger partial charge in [0.2, 0.25) is 0 Å². The molecule has 3 rings (SSSR count). The minimum absolute atomic E-state index is 0.0245. The molecule has 2 aromatic carbocycles. The minimum Gasteiger partial charge on any atom is -0.397 e. The molecule has 3 aromatic rings. The van der Waals surface area contributed by atoms with Crippen molar-refractivity contribution in [2.45, 2.75) is 6.61 Å². The van der Waals surface area contributed by atoms with E-state index in [0.29, 0.717) is 16.9 Å². The number of carbonyl (C=O) groups is 1. The van der Waals surface area contributed by atoms with Crippen molar-refractivity contribution in [1.82, 2.24) is 0 Å². The third-order valence-electron chi connectivity index (χ3n) is 4.16. The molecule has 0 saturated carbocycles. The van der Waals surface area contributed by atoms with Gasteiger partial charge in [0, 0.05) is 24.7 Å². The van der Waals surface area contributed by atoms with Crippen LogP contribution in [-0.2, 0) is 24.7 Å². The highest BCUT2D eigenvalue weighted by Gasteiger charge is 2.22. The summed E-state index contributed by atoms with van der Waals surface area (Å²) in [6.45, 7) is 0.0245. The maximum absolute atomic E-state index is 12.6. The van der Waals surface area contributed by atoms with E-state index in [1.807, 2.05) is 29.6 Å². The zero-order valence-electron chi connectivity index (χ0n) is 16.0. The van der Waals surface area contributed by atoms with Crippen LogP contribution in [0.1, 0.15) is 15.9 Å². The lowest BCUT2D eigenvalue weighted by atomic mass is 10.1. The zero-order chi connectivity index (χ0) is 20.9. The largest absolute Gasteiger partial charge is 0.474 e. The molecule has 0 aliphatic rings. The van der Waals surface area contributed by atoms with Crippen LogP contribution in [0.15, 0.2) is 60.0 Å². The van der Waals surface area contributed by atoms with E-state index in [4.69, 9.17) is 19.3 Å². The Morgan fingerprint density at radius 1 is 1.10 bits per heavy atom. The van der Waals surface area contributed by atoms with Crippen LogP contribution in [0, 0.1) is 0 Å². The summed E-state index contributed by atoms with van der Waals surface area (Å²) in [5.41, 5.74) is 9.21. The van der Waals surface area contributed by atoms with Crippen LogP contribution in [0.5, 0.6) is 0 Å². The van der Waals surface area contributed by atoms with Crippen LogP contribution in [0.4, 0.5) is 11.4 Å². The number of rotatable bonds is 8. The van der Waals surface area contributed by atoms with Crippen molar-refractivity contribution in [3.8, 4) is 10.4 Å². The van der Waals surface area contributed by atoms with Gasteiger partial charge in [-0.1, -0.05) is 24.3 Å². The maximum Gasteiger partial charge on any atom is 0.474 e. The zero-order valence-corrected chi connectivity index (χ0v) is 17.7. The quantitative estimate of drug-likeness (QED) is 0.376. The van der Waals surface area contributed by atoms with Crippen LogP contribution in [0.2, 0.25) is 0 Å². The summed E-state index contributed by atoms with van der Waals surface area (Å²) >= 11 is 1.61. The Morgan fingerprint density at radius 3 is 2.45 bits per heavy atom. The normalized spacial score (nSPS) is 11.4. The van der Waals surface area contributed by atoms with Gasteiger partial charge in [-0.15, -0.1) is 11.3 Å². The minimum atomic E-state index is -3.55. The van der Waals surface area contributed by atoms with Crippen molar-refractivity contribution in [1.29, 1.82) is 0 Å². The Morgan fingerprint density at radius 2 is 1.83 bits per heavy atom. The highest BCUT2D eigenvalue weighted by molar-refractivity contribution is 7.48. The second-order valence-electron chi connectivity index (χ2n) is 6.02. The molecular formula is C20H21N2O5PS. The summed E-state index contributed by atoms with van der Waals surface area (Å²) in [5, 5.41) is 4.84. The van der Waals surface area contributed by atoms with Crippen molar-refractivity contribution >= 4 is 36.4 Å². The topological polar surface area (TPSA) is 99.9 Å². The van der Waals surface area contributed by atoms with Crippen molar-refractivity contribution in [3.63, 3.8) is 0 Å². The Balaban J connectivity index is 1.68. The molecule has 29 heavy (non-hydrogen) atoms. The van der Waals surface area contributed by atoms with E-state index in [-0.39, 0.29) is 12.5 Å². The number of nitrogens with one attached hydrogen (secondary N) is 1. The molecule has 1 aromatic heterocycles. The monoisotopic (exact) mass is 432 g/mol. The molecule has 152 valence electrons. The number of phosphoric acid groups is 1. The van der Waals surface area contributed by atoms with E-state index in [1.54, 1.807) is 41.7 Å². The number of anilines is 2. The van der Waals surface area contributed by atoms with Crippen LogP contribution in [0.3, 0.4) is 0 Å². The SMILES string of the molecule is COP(=O)(OC)OCc1ccc(C(=O)Nc2cc(-c3cccs3)ccc2N)cc1. The molecule has 1 amide bonds. The summed E-state index contributed by atoms with van der Waals surface area (Å²) in [7, 11) is -1.05. The summed E-state index contributed by atoms with van der Waals surface area (Å²) in [6.07, 6.45) is 0. The van der Waals surface area contributed by atoms with E-state index in [1.165, 1.54) is 14.2 Å². The van der Waals surface area contributed by atoms with E-state index in [2.05, 4.69) is 5.32 Å². The van der Waals surface area contributed by atoms with Gasteiger partial charge in [0.05, 0.1) is 18.0 Å². The first-order valence-corrected chi connectivity index (χ1v) is 11.0. The maximum atomic E-state index is 12.6. The number of hydrogen-bond donors (Lipinski definition) is 2. The van der Waals surface area contributed by atoms with Gasteiger partial charge in [-0.3, -0.25) is 18.4 Å². The molecule has 0 bridgehead atoms. The summed E-state index contributed by atoms with van der Waals surface area (Å²) in [5.74, 6) is -0.285. The van der Waals surface area contributed by atoms with E-state index >= 15 is 0 Å². The molecule has 0 unspecified atom stereocenters. The number of nitrogens with two attached hydrogens (primary N) is 1. The van der Waals surface area contributed by atoms with Gasteiger partial charge in [0.1, 0.15) is 0 Å². The van der Waals surface area contributed by atoms with E-state index in [0.717, 1.165) is 16.0 Å². The van der Waals surface area contributed by atoms with Crippen LogP contribution in [0.25, 0.3) is 10.4 Å². The van der Waals surface area contributed by atoms with Crippen molar-refractivity contribution < 1.29 is 22.9 Å². The van der Waals surface area contributed by atoms with Crippen LogP contribution >= 0.6 is 19.2 Å². The molecule has 9 heteroatoms. The van der Waals surface area contributed by atoms with Gasteiger partial charge in [-0.25, -0.2) is 4.57 Å². The number of hydrogen-bond acceptors (Lipinski definition) is 7. The average Bonchev–Trinajstić information content (AvgIpc) is 3.29. The first kappa shape index (κ1) is 21.2. The molecule has 0 saturated heterocycles. The fraction of sp³-hybridized carbons (Fsp3) is 0.150. The Hall–Kier alpha value is -2.48. The van der Waals surface area contributed by atoms with Gasteiger partial charge in [-0.05, 0) is 46.8 Å². The predicted octanol–water partition coefficient (Wildman–Crippen LogP) is 5.17. The van der Waals surface area contributed by atoms with Gasteiger partial charge in [0.15, 0.2) is 0 Å². The molecule has 7 nitrogen and oxygen atoms in total. The summed E-state index contributed by atoms with van der Waals surface area (Å²) in [6, 6.07) is 16.2. The molecule has 0 spiro atoms. The molecular weight excluding hydrogens is 411 g/mol. The number of carbonyl (C=O) groups excluding carboxylic acids is 1. The Kier molecular flexibility index (Phi) is 6.84. The first-order chi connectivity index (χ1) is 13.9. The molecule has 0 radical (unpaired) electrons.